The van der Waals surface area contributed by atoms with Crippen LogP contribution in [0.1, 0.15) is 24.0 Å². The van der Waals surface area contributed by atoms with Crippen molar-refractivity contribution >= 4 is 40.6 Å². The number of aromatic amines is 1. The van der Waals surface area contributed by atoms with Crippen molar-refractivity contribution in [2.45, 2.75) is 49.9 Å². The van der Waals surface area contributed by atoms with E-state index in [1.807, 2.05) is 18.2 Å². The second-order valence-corrected chi connectivity index (χ2v) is 9.50. The Labute approximate surface area is 235 Å². The Morgan fingerprint density at radius 1 is 0.780 bits per heavy atom. The van der Waals surface area contributed by atoms with E-state index in [1.165, 1.54) is 0 Å². The van der Waals surface area contributed by atoms with Crippen LogP contribution in [0.5, 0.6) is 0 Å². The van der Waals surface area contributed by atoms with Gasteiger partial charge in [-0.1, -0.05) is 48.5 Å². The van der Waals surface area contributed by atoms with Gasteiger partial charge >= 0.3 is 11.9 Å². The Balaban J connectivity index is 1.76. The van der Waals surface area contributed by atoms with E-state index >= 15 is 0 Å². The number of aromatic nitrogens is 1. The minimum Gasteiger partial charge on any atom is -0.481 e. The van der Waals surface area contributed by atoms with E-state index in [2.05, 4.69) is 20.9 Å². The number of nitrogens with one attached hydrogen (secondary N) is 4. The van der Waals surface area contributed by atoms with Gasteiger partial charge in [-0.05, 0) is 30.0 Å². The van der Waals surface area contributed by atoms with Gasteiger partial charge in [-0.2, -0.15) is 0 Å². The maximum Gasteiger partial charge on any atom is 0.326 e. The molecular formula is C28H33N5O8. The van der Waals surface area contributed by atoms with E-state index in [0.29, 0.717) is 5.56 Å². The molecule has 218 valence electrons. The zero-order valence-electron chi connectivity index (χ0n) is 22.1. The Morgan fingerprint density at radius 2 is 1.39 bits per heavy atom. The molecule has 0 spiro atoms. The summed E-state index contributed by atoms with van der Waals surface area (Å²) in [6.45, 7) is -0.798. The quantitative estimate of drug-likeness (QED) is 0.120. The number of rotatable bonds is 15. The highest BCUT2D eigenvalue weighted by Crippen LogP contribution is 2.19. The van der Waals surface area contributed by atoms with Crippen LogP contribution >= 0.6 is 0 Å². The summed E-state index contributed by atoms with van der Waals surface area (Å²) in [5, 5.41) is 36.2. The van der Waals surface area contributed by atoms with Crippen LogP contribution in [0.2, 0.25) is 0 Å². The number of carboxylic acids is 2. The van der Waals surface area contributed by atoms with Crippen LogP contribution in [-0.2, 0) is 36.8 Å². The molecule has 0 aliphatic carbocycles. The van der Waals surface area contributed by atoms with Crippen LogP contribution in [-0.4, -0.2) is 80.7 Å². The Bertz CT molecular complexity index is 1380. The zero-order chi connectivity index (χ0) is 29.9. The van der Waals surface area contributed by atoms with Crippen LogP contribution < -0.4 is 21.7 Å². The van der Waals surface area contributed by atoms with Crippen molar-refractivity contribution in [3.8, 4) is 0 Å². The van der Waals surface area contributed by atoms with Crippen LogP contribution in [0.15, 0.2) is 60.8 Å². The van der Waals surface area contributed by atoms with Crippen LogP contribution in [0.4, 0.5) is 0 Å². The maximum absolute atomic E-state index is 13.2. The average Bonchev–Trinajstić information content (AvgIpc) is 3.36. The summed E-state index contributed by atoms with van der Waals surface area (Å²) in [5.41, 5.74) is 8.19. The second kappa shape index (κ2) is 14.6. The number of carbonyl (C=O) groups is 5. The van der Waals surface area contributed by atoms with Gasteiger partial charge in [0.1, 0.15) is 18.1 Å². The molecule has 0 bridgehead atoms. The summed E-state index contributed by atoms with van der Waals surface area (Å²) >= 11 is 0. The van der Waals surface area contributed by atoms with Gasteiger partial charge in [0.15, 0.2) is 0 Å². The molecule has 0 fully saturated rings. The first-order valence-electron chi connectivity index (χ1n) is 12.9. The number of hydrogen-bond donors (Lipinski definition) is 8. The molecule has 9 N–H and O–H groups in total. The molecule has 4 atom stereocenters. The van der Waals surface area contributed by atoms with Crippen molar-refractivity contribution in [3.05, 3.63) is 71.9 Å². The molecule has 3 amide bonds. The molecule has 0 saturated carbocycles. The second-order valence-electron chi connectivity index (χ2n) is 9.50. The lowest BCUT2D eigenvalue weighted by molar-refractivity contribution is -0.143. The lowest BCUT2D eigenvalue weighted by Crippen LogP contribution is -2.58. The molecule has 1 heterocycles. The number of hydrogen-bond acceptors (Lipinski definition) is 7. The van der Waals surface area contributed by atoms with Crippen LogP contribution in [0, 0.1) is 0 Å². The van der Waals surface area contributed by atoms with E-state index in [4.69, 9.17) is 10.8 Å². The highest BCUT2D eigenvalue weighted by atomic mass is 16.4. The number of benzene rings is 2. The van der Waals surface area contributed by atoms with Crippen molar-refractivity contribution in [1.29, 1.82) is 0 Å². The fourth-order valence-corrected chi connectivity index (χ4v) is 4.23. The fourth-order valence-electron chi connectivity index (χ4n) is 4.23. The Hall–Kier alpha value is -4.75. The van der Waals surface area contributed by atoms with Gasteiger partial charge in [-0.3, -0.25) is 19.2 Å². The minimum absolute atomic E-state index is 0.0769. The minimum atomic E-state index is -1.52. The lowest BCUT2D eigenvalue weighted by atomic mass is 10.0. The molecule has 0 radical (unpaired) electrons. The summed E-state index contributed by atoms with van der Waals surface area (Å²) in [6.07, 6.45) is 0.874. The number of carboxylic acid groups (broad SMARTS) is 2. The number of aliphatic carboxylic acids is 2. The van der Waals surface area contributed by atoms with Crippen molar-refractivity contribution in [1.82, 2.24) is 20.9 Å². The first kappa shape index (κ1) is 30.8. The fraction of sp³-hybridized carbons (Fsp3) is 0.321. The highest BCUT2D eigenvalue weighted by molar-refractivity contribution is 5.95. The molecule has 4 unspecified atom stereocenters. The number of amides is 3. The van der Waals surface area contributed by atoms with Gasteiger partial charge in [-0.25, -0.2) is 4.79 Å². The van der Waals surface area contributed by atoms with Gasteiger partial charge in [0.05, 0.1) is 12.6 Å². The number of fused-ring (bicyclic) bond motifs is 1. The van der Waals surface area contributed by atoms with E-state index in [9.17, 15) is 34.2 Å². The first-order valence-corrected chi connectivity index (χ1v) is 12.9. The molecule has 0 aliphatic heterocycles. The Morgan fingerprint density at radius 3 is 2.05 bits per heavy atom. The van der Waals surface area contributed by atoms with Crippen molar-refractivity contribution in [2.24, 2.45) is 5.73 Å². The van der Waals surface area contributed by atoms with Crippen molar-refractivity contribution < 1.29 is 39.3 Å². The summed E-state index contributed by atoms with van der Waals surface area (Å²) in [7, 11) is 0. The van der Waals surface area contributed by atoms with Crippen molar-refractivity contribution in [3.63, 3.8) is 0 Å². The van der Waals surface area contributed by atoms with E-state index in [0.717, 1.165) is 16.5 Å². The van der Waals surface area contributed by atoms with Crippen LogP contribution in [0.25, 0.3) is 10.9 Å². The molecule has 1 aromatic heterocycles. The zero-order valence-corrected chi connectivity index (χ0v) is 22.1. The van der Waals surface area contributed by atoms with E-state index in [-0.39, 0.29) is 19.3 Å². The predicted octanol–water partition coefficient (Wildman–Crippen LogP) is -0.323. The summed E-state index contributed by atoms with van der Waals surface area (Å²) in [4.78, 5) is 64.7. The molecule has 0 aliphatic rings. The number of aliphatic hydroxyl groups excluding tert-OH is 1. The van der Waals surface area contributed by atoms with Gasteiger partial charge in [-0.15, -0.1) is 0 Å². The largest absolute Gasteiger partial charge is 0.481 e. The van der Waals surface area contributed by atoms with Gasteiger partial charge in [0.25, 0.3) is 0 Å². The number of nitrogens with two attached hydrogens (primary N) is 1. The molecular weight excluding hydrogens is 534 g/mol. The summed E-state index contributed by atoms with van der Waals surface area (Å²) in [6, 6.07) is 10.9. The highest BCUT2D eigenvalue weighted by Gasteiger charge is 2.31. The van der Waals surface area contributed by atoms with Crippen molar-refractivity contribution in [2.75, 3.05) is 6.61 Å². The van der Waals surface area contributed by atoms with Gasteiger partial charge < -0.3 is 42.0 Å². The summed E-state index contributed by atoms with van der Waals surface area (Å²) in [5.74, 6) is -5.15. The standard InChI is InChI=1S/C28H33N5O8/c29-19(12-16-6-2-1-3-7-16)25(37)33-23(15-34)27(39)32-22(13-17-14-30-20-9-5-4-8-18(17)20)26(38)31-21(28(40)41)10-11-24(35)36/h1-9,14,19,21-23,30,34H,10-13,15,29H2,(H,31,38)(H,32,39)(H,33,37)(H,35,36)(H,40,41). The molecule has 3 rings (SSSR count). The third kappa shape index (κ3) is 8.88. The number of H-pyrrole nitrogens is 1. The molecule has 3 aromatic rings. The number of carbonyl (C=O) groups excluding carboxylic acids is 3. The Kier molecular flexibility index (Phi) is 11.0. The monoisotopic (exact) mass is 567 g/mol. The number of para-hydroxylation sites is 1. The molecule has 13 heteroatoms. The first-order chi connectivity index (χ1) is 19.6. The molecule has 13 nitrogen and oxygen atoms in total. The number of aliphatic hydroxyl groups is 1. The molecule has 41 heavy (non-hydrogen) atoms. The molecule has 2 aromatic carbocycles. The smallest absolute Gasteiger partial charge is 0.326 e. The average molecular weight is 568 g/mol. The normalized spacial score (nSPS) is 13.9. The van der Waals surface area contributed by atoms with E-state index in [1.54, 1.807) is 42.6 Å². The predicted molar refractivity (Wildman–Crippen MR) is 148 cm³/mol. The maximum atomic E-state index is 13.2. The van der Waals surface area contributed by atoms with Gasteiger partial charge in [0, 0.05) is 29.9 Å². The topological polar surface area (TPSA) is 224 Å². The lowest BCUT2D eigenvalue weighted by Gasteiger charge is -2.24. The summed E-state index contributed by atoms with van der Waals surface area (Å²) < 4.78 is 0. The van der Waals surface area contributed by atoms with Crippen LogP contribution in [0.3, 0.4) is 0 Å². The molecule has 0 saturated heterocycles. The van der Waals surface area contributed by atoms with E-state index < -0.39 is 66.9 Å². The SMILES string of the molecule is NC(Cc1ccccc1)C(=O)NC(CO)C(=O)NC(Cc1c[nH]c2ccccc12)C(=O)NC(CCC(=O)O)C(=O)O. The van der Waals surface area contributed by atoms with Gasteiger partial charge in [0.2, 0.25) is 17.7 Å². The third-order valence-electron chi connectivity index (χ3n) is 6.44. The third-order valence-corrected chi connectivity index (χ3v) is 6.44.